The normalized spacial score (nSPS) is 9.81. The van der Waals surface area contributed by atoms with Gasteiger partial charge in [-0.2, -0.15) is 0 Å². The molecule has 0 unspecified atom stereocenters. The van der Waals surface area contributed by atoms with Gasteiger partial charge in [0.1, 0.15) is 6.61 Å². The predicted molar refractivity (Wildman–Crippen MR) is 83.9 cm³/mol. The number of hydrogen-bond donors (Lipinski definition) is 2. The summed E-state index contributed by atoms with van der Waals surface area (Å²) in [5.41, 5.74) is 1.14. The first-order valence-electron chi connectivity index (χ1n) is 7.61. The van der Waals surface area contributed by atoms with Gasteiger partial charge in [0.05, 0.1) is 5.56 Å². The van der Waals surface area contributed by atoms with Crippen LogP contribution < -0.4 is 5.32 Å². The van der Waals surface area contributed by atoms with Crippen molar-refractivity contribution in [2.45, 2.75) is 45.4 Å². The molecule has 0 fully saturated rings. The standard InChI is InChI=1S/C17H24N2O2/c1-2-3-4-5-6-7-10-19-17(21)16-12-15(9-8-11-20)13-18-14-16/h12-14,20H,2-7,10-11H2,1H3,(H,19,21). The van der Waals surface area contributed by atoms with Crippen LogP contribution >= 0.6 is 0 Å². The summed E-state index contributed by atoms with van der Waals surface area (Å²) in [4.78, 5) is 15.9. The van der Waals surface area contributed by atoms with E-state index in [1.54, 1.807) is 12.3 Å². The van der Waals surface area contributed by atoms with E-state index in [0.717, 1.165) is 12.8 Å². The lowest BCUT2D eigenvalue weighted by Crippen LogP contribution is -2.24. The molecule has 0 aromatic carbocycles. The second-order valence-corrected chi connectivity index (χ2v) is 4.95. The van der Waals surface area contributed by atoms with Gasteiger partial charge >= 0.3 is 0 Å². The fourth-order valence-electron chi connectivity index (χ4n) is 1.98. The lowest BCUT2D eigenvalue weighted by molar-refractivity contribution is 0.0952. The van der Waals surface area contributed by atoms with E-state index in [4.69, 9.17) is 5.11 Å². The summed E-state index contributed by atoms with van der Waals surface area (Å²) in [7, 11) is 0. The van der Waals surface area contributed by atoms with Gasteiger partial charge in [0, 0.05) is 24.5 Å². The number of carbonyl (C=O) groups is 1. The van der Waals surface area contributed by atoms with Gasteiger partial charge in [0.15, 0.2) is 0 Å². The molecule has 21 heavy (non-hydrogen) atoms. The van der Waals surface area contributed by atoms with Crippen LogP contribution in [0.3, 0.4) is 0 Å². The van der Waals surface area contributed by atoms with Crippen LogP contribution in [0, 0.1) is 11.8 Å². The van der Waals surface area contributed by atoms with Gasteiger partial charge in [-0.3, -0.25) is 9.78 Å². The highest BCUT2D eigenvalue weighted by molar-refractivity contribution is 5.94. The SMILES string of the molecule is CCCCCCCCNC(=O)c1cncc(C#CCO)c1. The Kier molecular flexibility index (Phi) is 8.90. The third-order valence-corrected chi connectivity index (χ3v) is 3.13. The average molecular weight is 288 g/mol. The minimum absolute atomic E-state index is 0.122. The Bertz CT molecular complexity index is 489. The zero-order valence-electron chi connectivity index (χ0n) is 12.7. The van der Waals surface area contributed by atoms with Crippen molar-refractivity contribution in [3.05, 3.63) is 29.6 Å². The van der Waals surface area contributed by atoms with Gasteiger partial charge in [0.25, 0.3) is 5.91 Å². The smallest absolute Gasteiger partial charge is 0.252 e. The number of rotatable bonds is 8. The number of unbranched alkanes of at least 4 members (excludes halogenated alkanes) is 5. The number of pyridine rings is 1. The predicted octanol–water partition coefficient (Wildman–Crippen LogP) is 2.52. The lowest BCUT2D eigenvalue weighted by atomic mass is 10.1. The fourth-order valence-corrected chi connectivity index (χ4v) is 1.98. The van der Waals surface area contributed by atoms with E-state index in [9.17, 15) is 4.79 Å². The number of amides is 1. The molecule has 1 rings (SSSR count). The van der Waals surface area contributed by atoms with E-state index < -0.39 is 0 Å². The van der Waals surface area contributed by atoms with E-state index in [1.165, 1.54) is 31.9 Å². The Morgan fingerprint density at radius 3 is 2.76 bits per heavy atom. The number of aromatic nitrogens is 1. The molecule has 0 aliphatic heterocycles. The largest absolute Gasteiger partial charge is 0.384 e. The van der Waals surface area contributed by atoms with E-state index in [-0.39, 0.29) is 12.5 Å². The van der Waals surface area contributed by atoms with Crippen LogP contribution in [0.25, 0.3) is 0 Å². The molecule has 0 saturated carbocycles. The number of nitrogens with one attached hydrogen (secondary N) is 1. The maximum absolute atomic E-state index is 12.0. The molecule has 0 atom stereocenters. The Balaban J connectivity index is 2.32. The molecule has 4 nitrogen and oxygen atoms in total. The molecule has 4 heteroatoms. The first kappa shape index (κ1) is 17.2. The first-order chi connectivity index (χ1) is 10.3. The van der Waals surface area contributed by atoms with Gasteiger partial charge in [-0.05, 0) is 12.5 Å². The highest BCUT2D eigenvalue weighted by Crippen LogP contribution is 2.05. The van der Waals surface area contributed by atoms with E-state index in [2.05, 4.69) is 29.1 Å². The summed E-state index contributed by atoms with van der Waals surface area (Å²) in [5, 5.41) is 11.6. The maximum Gasteiger partial charge on any atom is 0.252 e. The molecule has 1 heterocycles. The van der Waals surface area contributed by atoms with Crippen LogP contribution in [0.1, 0.15) is 61.4 Å². The zero-order chi connectivity index (χ0) is 15.3. The summed E-state index contributed by atoms with van der Waals surface area (Å²) in [6.07, 6.45) is 10.3. The summed E-state index contributed by atoms with van der Waals surface area (Å²) >= 11 is 0. The quantitative estimate of drug-likeness (QED) is 0.571. The van der Waals surface area contributed by atoms with Crippen molar-refractivity contribution in [2.75, 3.05) is 13.2 Å². The summed E-state index contributed by atoms with van der Waals surface area (Å²) < 4.78 is 0. The molecule has 0 saturated heterocycles. The molecule has 0 bridgehead atoms. The fraction of sp³-hybridized carbons (Fsp3) is 0.529. The van der Waals surface area contributed by atoms with Crippen LogP contribution in [0.15, 0.2) is 18.5 Å². The Morgan fingerprint density at radius 2 is 2.00 bits per heavy atom. The Morgan fingerprint density at radius 1 is 1.24 bits per heavy atom. The van der Waals surface area contributed by atoms with Crippen molar-refractivity contribution < 1.29 is 9.90 Å². The number of carbonyl (C=O) groups excluding carboxylic acids is 1. The van der Waals surface area contributed by atoms with Crippen LogP contribution in [-0.4, -0.2) is 29.1 Å². The minimum atomic E-state index is -0.200. The molecular weight excluding hydrogens is 264 g/mol. The number of nitrogens with zero attached hydrogens (tertiary/aromatic N) is 1. The van der Waals surface area contributed by atoms with Crippen molar-refractivity contribution in [1.82, 2.24) is 10.3 Å². The molecule has 0 spiro atoms. The van der Waals surface area contributed by atoms with Crippen LogP contribution in [0.5, 0.6) is 0 Å². The van der Waals surface area contributed by atoms with Gasteiger partial charge in [-0.1, -0.05) is 50.9 Å². The average Bonchev–Trinajstić information content (AvgIpc) is 2.52. The molecular formula is C17H24N2O2. The maximum atomic E-state index is 12.0. The van der Waals surface area contributed by atoms with E-state index >= 15 is 0 Å². The van der Waals surface area contributed by atoms with Crippen LogP contribution in [-0.2, 0) is 0 Å². The molecule has 1 aromatic heterocycles. The van der Waals surface area contributed by atoms with Gasteiger partial charge in [-0.25, -0.2) is 0 Å². The van der Waals surface area contributed by atoms with Gasteiger partial charge in [0.2, 0.25) is 0 Å². The first-order valence-corrected chi connectivity index (χ1v) is 7.61. The zero-order valence-corrected chi connectivity index (χ0v) is 12.7. The molecule has 0 aliphatic carbocycles. The summed E-state index contributed by atoms with van der Waals surface area (Å²) in [5.74, 6) is 5.16. The van der Waals surface area contributed by atoms with Crippen molar-refractivity contribution in [1.29, 1.82) is 0 Å². The highest BCUT2D eigenvalue weighted by atomic mass is 16.2. The molecule has 0 aliphatic rings. The van der Waals surface area contributed by atoms with Crippen molar-refractivity contribution in [2.24, 2.45) is 0 Å². The topological polar surface area (TPSA) is 62.2 Å². The monoisotopic (exact) mass is 288 g/mol. The molecule has 2 N–H and O–H groups in total. The van der Waals surface area contributed by atoms with Gasteiger partial charge in [-0.15, -0.1) is 0 Å². The molecule has 114 valence electrons. The third-order valence-electron chi connectivity index (χ3n) is 3.13. The molecule has 0 radical (unpaired) electrons. The Labute approximate surface area is 127 Å². The van der Waals surface area contributed by atoms with Crippen LogP contribution in [0.2, 0.25) is 0 Å². The second-order valence-electron chi connectivity index (χ2n) is 4.95. The highest BCUT2D eigenvalue weighted by Gasteiger charge is 2.05. The van der Waals surface area contributed by atoms with Crippen LogP contribution in [0.4, 0.5) is 0 Å². The molecule has 1 amide bonds. The van der Waals surface area contributed by atoms with E-state index in [1.807, 2.05) is 0 Å². The van der Waals surface area contributed by atoms with E-state index in [0.29, 0.717) is 17.7 Å². The number of aliphatic hydroxyl groups excluding tert-OH is 1. The third kappa shape index (κ3) is 7.48. The minimum Gasteiger partial charge on any atom is -0.384 e. The van der Waals surface area contributed by atoms with Gasteiger partial charge < -0.3 is 10.4 Å². The number of aliphatic hydroxyl groups is 1. The molecule has 1 aromatic rings. The summed E-state index contributed by atoms with van der Waals surface area (Å²) in [6.45, 7) is 2.69. The second kappa shape index (κ2) is 10.9. The lowest BCUT2D eigenvalue weighted by Gasteiger charge is -2.05. The summed E-state index contributed by atoms with van der Waals surface area (Å²) in [6, 6.07) is 1.69. The Hall–Kier alpha value is -1.86. The van der Waals surface area contributed by atoms with Crippen molar-refractivity contribution >= 4 is 5.91 Å². The van der Waals surface area contributed by atoms with Crippen molar-refractivity contribution in [3.8, 4) is 11.8 Å². The number of hydrogen-bond acceptors (Lipinski definition) is 3. The van der Waals surface area contributed by atoms with Crippen molar-refractivity contribution in [3.63, 3.8) is 0 Å².